The van der Waals surface area contributed by atoms with Crippen LogP contribution in [0.3, 0.4) is 0 Å². The molecule has 2 aromatic rings. The molecule has 0 aliphatic carbocycles. The Kier molecular flexibility index (Phi) is 5.58. The Bertz CT molecular complexity index is 684. The number of hydrogen-bond acceptors (Lipinski definition) is 5. The second-order valence-corrected chi connectivity index (χ2v) is 7.18. The van der Waals surface area contributed by atoms with E-state index in [9.17, 15) is 0 Å². The van der Waals surface area contributed by atoms with Crippen molar-refractivity contribution in [3.63, 3.8) is 0 Å². The van der Waals surface area contributed by atoms with Crippen molar-refractivity contribution in [1.82, 2.24) is 15.1 Å². The van der Waals surface area contributed by atoms with Crippen molar-refractivity contribution >= 4 is 0 Å². The Labute approximate surface area is 155 Å². The smallest absolute Gasteiger partial charge is 0.134 e. The number of nitrogens with one attached hydrogen (secondary N) is 1. The minimum Gasteiger partial charge on any atom is -0.494 e. The zero-order chi connectivity index (χ0) is 17.8. The maximum absolute atomic E-state index is 6.09. The summed E-state index contributed by atoms with van der Waals surface area (Å²) in [5.74, 6) is 2.88. The molecule has 4 rings (SSSR count). The normalized spacial score (nSPS) is 22.0. The van der Waals surface area contributed by atoms with Gasteiger partial charge in [-0.1, -0.05) is 0 Å². The molecular formula is C21H29N3O2. The molecule has 2 saturated heterocycles. The zero-order valence-electron chi connectivity index (χ0n) is 15.6. The number of benzene rings is 1. The first-order valence-corrected chi connectivity index (χ1v) is 9.81. The van der Waals surface area contributed by atoms with Crippen LogP contribution < -0.4 is 10.1 Å². The van der Waals surface area contributed by atoms with E-state index in [2.05, 4.69) is 39.4 Å². The third-order valence-corrected chi connectivity index (χ3v) is 5.45. The van der Waals surface area contributed by atoms with Crippen molar-refractivity contribution in [2.75, 3.05) is 45.9 Å². The van der Waals surface area contributed by atoms with Crippen molar-refractivity contribution in [3.8, 4) is 17.1 Å². The van der Waals surface area contributed by atoms with Gasteiger partial charge in [0.2, 0.25) is 0 Å². The van der Waals surface area contributed by atoms with Crippen LogP contribution >= 0.6 is 0 Å². The fraction of sp³-hybridized carbons (Fsp3) is 0.524. The van der Waals surface area contributed by atoms with E-state index in [-0.39, 0.29) is 0 Å². The molecule has 1 atom stereocenters. The summed E-state index contributed by atoms with van der Waals surface area (Å²) in [5, 5.41) is 3.47. The third kappa shape index (κ3) is 4.11. The Hall–Kier alpha value is -1.82. The van der Waals surface area contributed by atoms with E-state index in [1.165, 1.54) is 26.1 Å². The molecule has 1 aromatic carbocycles. The Morgan fingerprint density at radius 1 is 1.08 bits per heavy atom. The van der Waals surface area contributed by atoms with Gasteiger partial charge in [-0.15, -0.1) is 0 Å². The van der Waals surface area contributed by atoms with Crippen LogP contribution in [0.2, 0.25) is 0 Å². The highest BCUT2D eigenvalue weighted by Gasteiger charge is 2.26. The summed E-state index contributed by atoms with van der Waals surface area (Å²) in [6.07, 6.45) is 1.30. The van der Waals surface area contributed by atoms with Crippen molar-refractivity contribution in [2.45, 2.75) is 25.9 Å². The van der Waals surface area contributed by atoms with Gasteiger partial charge in [-0.2, -0.15) is 0 Å². The fourth-order valence-electron chi connectivity index (χ4n) is 3.96. The van der Waals surface area contributed by atoms with Crippen LogP contribution in [-0.2, 0) is 6.54 Å². The largest absolute Gasteiger partial charge is 0.494 e. The average Bonchev–Trinajstić information content (AvgIpc) is 3.36. The summed E-state index contributed by atoms with van der Waals surface area (Å²) in [6.45, 7) is 10.5. The maximum Gasteiger partial charge on any atom is 0.134 e. The summed E-state index contributed by atoms with van der Waals surface area (Å²) >= 11 is 0. The molecule has 2 aliphatic rings. The molecule has 0 radical (unpaired) electrons. The predicted molar refractivity (Wildman–Crippen MR) is 103 cm³/mol. The molecule has 2 aliphatic heterocycles. The summed E-state index contributed by atoms with van der Waals surface area (Å²) in [6, 6.07) is 13.0. The van der Waals surface area contributed by atoms with E-state index in [1.54, 1.807) is 0 Å². The molecule has 5 nitrogen and oxygen atoms in total. The van der Waals surface area contributed by atoms with Crippen LogP contribution in [0.1, 0.15) is 19.1 Å². The molecule has 140 valence electrons. The van der Waals surface area contributed by atoms with Crippen LogP contribution in [0.15, 0.2) is 40.8 Å². The fourth-order valence-corrected chi connectivity index (χ4v) is 3.96. The van der Waals surface area contributed by atoms with Gasteiger partial charge >= 0.3 is 0 Å². The SMILES string of the molecule is CCOc1ccc(-c2ccc(CN3CCN([C@H]4CCNC4)CC3)o2)cc1. The number of ether oxygens (including phenoxy) is 1. The average molecular weight is 355 g/mol. The van der Waals surface area contributed by atoms with E-state index in [0.717, 1.165) is 55.1 Å². The molecule has 0 amide bonds. The van der Waals surface area contributed by atoms with Gasteiger partial charge in [0.1, 0.15) is 17.3 Å². The highest BCUT2D eigenvalue weighted by atomic mass is 16.5. The van der Waals surface area contributed by atoms with Crippen molar-refractivity contribution in [3.05, 3.63) is 42.2 Å². The number of furan rings is 1. The molecule has 0 unspecified atom stereocenters. The Morgan fingerprint density at radius 3 is 2.58 bits per heavy atom. The second-order valence-electron chi connectivity index (χ2n) is 7.18. The van der Waals surface area contributed by atoms with Gasteiger partial charge < -0.3 is 14.5 Å². The summed E-state index contributed by atoms with van der Waals surface area (Å²) in [7, 11) is 0. The van der Waals surface area contributed by atoms with E-state index in [0.29, 0.717) is 6.61 Å². The molecule has 1 aromatic heterocycles. The quantitative estimate of drug-likeness (QED) is 0.863. The van der Waals surface area contributed by atoms with Gasteiger partial charge in [-0.3, -0.25) is 9.80 Å². The summed E-state index contributed by atoms with van der Waals surface area (Å²) in [4.78, 5) is 5.14. The molecule has 0 spiro atoms. The first kappa shape index (κ1) is 17.6. The van der Waals surface area contributed by atoms with Gasteiger partial charge in [0.15, 0.2) is 0 Å². The summed E-state index contributed by atoms with van der Waals surface area (Å²) < 4.78 is 11.6. The Morgan fingerprint density at radius 2 is 1.88 bits per heavy atom. The van der Waals surface area contributed by atoms with E-state index in [4.69, 9.17) is 9.15 Å². The highest BCUT2D eigenvalue weighted by molar-refractivity contribution is 5.58. The third-order valence-electron chi connectivity index (χ3n) is 5.45. The number of hydrogen-bond donors (Lipinski definition) is 1. The topological polar surface area (TPSA) is 40.9 Å². The van der Waals surface area contributed by atoms with Crippen LogP contribution in [0.5, 0.6) is 5.75 Å². The predicted octanol–water partition coefficient (Wildman–Crippen LogP) is 2.82. The first-order valence-electron chi connectivity index (χ1n) is 9.81. The van der Waals surface area contributed by atoms with Crippen molar-refractivity contribution < 1.29 is 9.15 Å². The first-order chi connectivity index (χ1) is 12.8. The van der Waals surface area contributed by atoms with Crippen molar-refractivity contribution in [1.29, 1.82) is 0 Å². The molecule has 2 fully saturated rings. The maximum atomic E-state index is 6.09. The van der Waals surface area contributed by atoms with Gasteiger partial charge in [0.25, 0.3) is 0 Å². The molecule has 1 N–H and O–H groups in total. The number of piperazine rings is 1. The number of rotatable bonds is 6. The number of nitrogens with zero attached hydrogens (tertiary/aromatic N) is 2. The lowest BCUT2D eigenvalue weighted by Crippen LogP contribution is -2.50. The lowest BCUT2D eigenvalue weighted by Gasteiger charge is -2.37. The molecule has 26 heavy (non-hydrogen) atoms. The van der Waals surface area contributed by atoms with Crippen molar-refractivity contribution in [2.24, 2.45) is 0 Å². The molecule has 3 heterocycles. The lowest BCUT2D eigenvalue weighted by molar-refractivity contribution is 0.0938. The summed E-state index contributed by atoms with van der Waals surface area (Å²) in [5.41, 5.74) is 1.10. The van der Waals surface area contributed by atoms with Crippen LogP contribution in [-0.4, -0.2) is 61.7 Å². The van der Waals surface area contributed by atoms with E-state index in [1.807, 2.05) is 19.1 Å². The lowest BCUT2D eigenvalue weighted by atomic mass is 10.2. The Balaban J connectivity index is 1.31. The molecule has 0 bridgehead atoms. The van der Waals surface area contributed by atoms with Crippen LogP contribution in [0.4, 0.5) is 0 Å². The van der Waals surface area contributed by atoms with Gasteiger partial charge in [0, 0.05) is 44.3 Å². The molecular weight excluding hydrogens is 326 g/mol. The van der Waals surface area contributed by atoms with Crippen LogP contribution in [0, 0.1) is 0 Å². The monoisotopic (exact) mass is 355 g/mol. The molecule has 5 heteroatoms. The van der Waals surface area contributed by atoms with Gasteiger partial charge in [-0.25, -0.2) is 0 Å². The van der Waals surface area contributed by atoms with Crippen LogP contribution in [0.25, 0.3) is 11.3 Å². The second kappa shape index (κ2) is 8.25. The highest BCUT2D eigenvalue weighted by Crippen LogP contribution is 2.25. The minimum absolute atomic E-state index is 0.689. The van der Waals surface area contributed by atoms with Gasteiger partial charge in [-0.05, 0) is 56.3 Å². The minimum atomic E-state index is 0.689. The van der Waals surface area contributed by atoms with Gasteiger partial charge in [0.05, 0.1) is 13.2 Å². The van der Waals surface area contributed by atoms with E-state index >= 15 is 0 Å². The zero-order valence-corrected chi connectivity index (χ0v) is 15.6. The van der Waals surface area contributed by atoms with E-state index < -0.39 is 0 Å². The molecule has 0 saturated carbocycles. The standard InChI is InChI=1S/C21H29N3O2/c1-2-25-19-5-3-17(4-6-19)21-8-7-20(26-21)16-23-11-13-24(14-12-23)18-9-10-22-15-18/h3-8,18,22H,2,9-16H2,1H3/t18-/m0/s1.